The van der Waals surface area contributed by atoms with Crippen molar-refractivity contribution >= 4 is 16.9 Å². The number of aromatic nitrogens is 2. The van der Waals surface area contributed by atoms with Crippen LogP contribution in [0.1, 0.15) is 61.9 Å². The Morgan fingerprint density at radius 3 is 2.71 bits per heavy atom. The van der Waals surface area contributed by atoms with Crippen molar-refractivity contribution in [3.05, 3.63) is 59.4 Å². The summed E-state index contributed by atoms with van der Waals surface area (Å²) >= 11 is 0. The van der Waals surface area contributed by atoms with Crippen molar-refractivity contribution in [2.75, 3.05) is 20.2 Å². The number of para-hydroxylation sites is 2. The summed E-state index contributed by atoms with van der Waals surface area (Å²) in [5.41, 5.74) is 4.66. The minimum atomic E-state index is 0.169. The van der Waals surface area contributed by atoms with Crippen LogP contribution in [0.4, 0.5) is 0 Å². The summed E-state index contributed by atoms with van der Waals surface area (Å²) in [4.78, 5) is 18.8. The van der Waals surface area contributed by atoms with Gasteiger partial charge in [-0.3, -0.25) is 4.79 Å². The predicted molar refractivity (Wildman–Crippen MR) is 125 cm³/mol. The molecular weight excluding hydrogens is 386 g/mol. The number of likely N-dealkylation sites (tertiary alicyclic amines) is 1. The van der Waals surface area contributed by atoms with Crippen LogP contribution in [-0.2, 0) is 11.3 Å². The molecule has 1 aliphatic rings. The maximum atomic E-state index is 12.1. The van der Waals surface area contributed by atoms with Crippen LogP contribution in [0.5, 0.6) is 5.75 Å². The summed E-state index contributed by atoms with van der Waals surface area (Å²) in [6.07, 6.45) is 2.53. The second-order valence-electron chi connectivity index (χ2n) is 9.04. The van der Waals surface area contributed by atoms with Crippen molar-refractivity contribution in [3.8, 4) is 5.75 Å². The van der Waals surface area contributed by atoms with Gasteiger partial charge in [-0.2, -0.15) is 0 Å². The van der Waals surface area contributed by atoms with E-state index in [-0.39, 0.29) is 11.8 Å². The lowest BCUT2D eigenvalue weighted by Crippen LogP contribution is -2.19. The molecular formula is C26H33N3O2. The Labute approximate surface area is 185 Å². The first-order valence-corrected chi connectivity index (χ1v) is 11.4. The number of carbonyl (C=O) groups excluding carboxylic acids is 1. The molecule has 1 aromatic heterocycles. The van der Waals surface area contributed by atoms with Crippen molar-refractivity contribution < 1.29 is 9.53 Å². The number of rotatable bonds is 8. The molecule has 0 saturated carbocycles. The van der Waals surface area contributed by atoms with Crippen molar-refractivity contribution in [1.29, 1.82) is 0 Å². The lowest BCUT2D eigenvalue weighted by atomic mass is 10.0. The zero-order valence-corrected chi connectivity index (χ0v) is 19.1. The van der Waals surface area contributed by atoms with Gasteiger partial charge in [0, 0.05) is 32.5 Å². The summed E-state index contributed by atoms with van der Waals surface area (Å²) in [6.45, 7) is 8.85. The molecule has 1 saturated heterocycles. The van der Waals surface area contributed by atoms with E-state index >= 15 is 0 Å². The summed E-state index contributed by atoms with van der Waals surface area (Å²) in [7, 11) is 1.88. The highest BCUT2D eigenvalue weighted by Gasteiger charge is 2.31. The zero-order chi connectivity index (χ0) is 22.0. The molecule has 31 heavy (non-hydrogen) atoms. The van der Waals surface area contributed by atoms with Crippen molar-refractivity contribution in [1.82, 2.24) is 14.5 Å². The van der Waals surface area contributed by atoms with Crippen LogP contribution in [0.15, 0.2) is 42.5 Å². The molecule has 4 rings (SSSR count). The normalized spacial score (nSPS) is 16.6. The fourth-order valence-electron chi connectivity index (χ4n) is 4.47. The third kappa shape index (κ3) is 4.60. The van der Waals surface area contributed by atoms with Crippen LogP contribution in [-0.4, -0.2) is 40.6 Å². The average molecular weight is 420 g/mol. The Bertz CT molecular complexity index is 1070. The molecule has 0 bridgehead atoms. The number of ether oxygens (including phenoxy) is 1. The molecule has 5 nitrogen and oxygen atoms in total. The van der Waals surface area contributed by atoms with Gasteiger partial charge < -0.3 is 14.2 Å². The predicted octanol–water partition coefficient (Wildman–Crippen LogP) is 5.27. The maximum Gasteiger partial charge on any atom is 0.223 e. The highest BCUT2D eigenvalue weighted by Crippen LogP contribution is 2.30. The smallest absolute Gasteiger partial charge is 0.223 e. The van der Waals surface area contributed by atoms with E-state index in [2.05, 4.69) is 61.7 Å². The Morgan fingerprint density at radius 2 is 1.97 bits per heavy atom. The number of imidazole rings is 1. The number of hydrogen-bond donors (Lipinski definition) is 0. The molecule has 0 aliphatic carbocycles. The Hall–Kier alpha value is -2.82. The van der Waals surface area contributed by atoms with Crippen molar-refractivity contribution in [2.24, 2.45) is 0 Å². The molecule has 1 amide bonds. The number of likely N-dealkylation sites (N-methyl/N-ethyl adjacent to an activating group) is 1. The van der Waals surface area contributed by atoms with Gasteiger partial charge in [0.05, 0.1) is 17.6 Å². The summed E-state index contributed by atoms with van der Waals surface area (Å²) in [5, 5.41) is 0. The van der Waals surface area contributed by atoms with Crippen molar-refractivity contribution in [2.45, 2.75) is 58.4 Å². The monoisotopic (exact) mass is 419 g/mol. The van der Waals surface area contributed by atoms with Crippen LogP contribution in [0.2, 0.25) is 0 Å². The van der Waals surface area contributed by atoms with Crippen LogP contribution in [0.25, 0.3) is 11.0 Å². The number of benzene rings is 2. The Morgan fingerprint density at radius 1 is 1.16 bits per heavy atom. The number of nitrogens with zero attached hydrogens (tertiary/aromatic N) is 3. The second kappa shape index (κ2) is 9.13. The average Bonchev–Trinajstić information content (AvgIpc) is 3.27. The van der Waals surface area contributed by atoms with E-state index in [9.17, 15) is 4.79 Å². The van der Waals surface area contributed by atoms with Crippen molar-refractivity contribution in [3.63, 3.8) is 0 Å². The van der Waals surface area contributed by atoms with Gasteiger partial charge in [0.15, 0.2) is 0 Å². The van der Waals surface area contributed by atoms with Gasteiger partial charge >= 0.3 is 0 Å². The molecule has 1 unspecified atom stereocenters. The molecule has 2 heterocycles. The number of unbranched alkanes of at least 4 members (excludes halogenated alkanes) is 1. The first-order chi connectivity index (χ1) is 14.9. The van der Waals surface area contributed by atoms with Gasteiger partial charge in [0.1, 0.15) is 11.6 Å². The first kappa shape index (κ1) is 21.4. The highest BCUT2D eigenvalue weighted by molar-refractivity contribution is 5.80. The van der Waals surface area contributed by atoms with E-state index in [1.807, 2.05) is 18.0 Å². The van der Waals surface area contributed by atoms with Crippen LogP contribution in [0.3, 0.4) is 0 Å². The molecule has 0 spiro atoms. The Kier molecular flexibility index (Phi) is 6.30. The minimum absolute atomic E-state index is 0.169. The standard InChI is InChI=1S/C26H33N3O2/c1-18(2)21-12-11-19(3)15-24(21)31-14-8-7-13-29-23-10-6-5-9-22(23)27-26(29)20-16-25(30)28(4)17-20/h5-6,9-12,15,18,20H,7-8,13-14,16-17H2,1-4H3. The highest BCUT2D eigenvalue weighted by atomic mass is 16.5. The van der Waals surface area contributed by atoms with Gasteiger partial charge in [-0.1, -0.05) is 38.1 Å². The van der Waals surface area contributed by atoms with Gasteiger partial charge in [-0.15, -0.1) is 0 Å². The van der Waals surface area contributed by atoms with Gasteiger partial charge in [-0.25, -0.2) is 4.98 Å². The van der Waals surface area contributed by atoms with Crippen LogP contribution >= 0.6 is 0 Å². The molecule has 1 atom stereocenters. The molecule has 164 valence electrons. The zero-order valence-electron chi connectivity index (χ0n) is 19.1. The second-order valence-corrected chi connectivity index (χ2v) is 9.04. The van der Waals surface area contributed by atoms with E-state index in [1.54, 1.807) is 0 Å². The summed E-state index contributed by atoms with van der Waals surface area (Å²) < 4.78 is 8.49. The van der Waals surface area contributed by atoms with E-state index in [0.717, 1.165) is 48.5 Å². The third-order valence-corrected chi connectivity index (χ3v) is 6.21. The fourth-order valence-corrected chi connectivity index (χ4v) is 4.47. The van der Waals surface area contributed by atoms with Crippen LogP contribution < -0.4 is 4.74 Å². The number of hydrogen-bond acceptors (Lipinski definition) is 3. The van der Waals surface area contributed by atoms with E-state index in [0.29, 0.717) is 18.9 Å². The lowest BCUT2D eigenvalue weighted by Gasteiger charge is -2.16. The first-order valence-electron chi connectivity index (χ1n) is 11.4. The summed E-state index contributed by atoms with van der Waals surface area (Å²) in [6, 6.07) is 14.7. The van der Waals surface area contributed by atoms with E-state index < -0.39 is 0 Å². The molecule has 2 aromatic carbocycles. The number of carbonyl (C=O) groups is 1. The molecule has 0 radical (unpaired) electrons. The fraction of sp³-hybridized carbons (Fsp3) is 0.462. The molecule has 1 aliphatic heterocycles. The lowest BCUT2D eigenvalue weighted by molar-refractivity contribution is -0.126. The number of amides is 1. The molecule has 0 N–H and O–H groups in total. The quantitative estimate of drug-likeness (QED) is 0.467. The van der Waals surface area contributed by atoms with E-state index in [1.165, 1.54) is 11.1 Å². The molecule has 1 fully saturated rings. The SMILES string of the molecule is Cc1ccc(C(C)C)c(OCCCCn2c(C3CC(=O)N(C)C3)nc3ccccc32)c1. The minimum Gasteiger partial charge on any atom is -0.493 e. The molecule has 3 aromatic rings. The van der Waals surface area contributed by atoms with Gasteiger partial charge in [-0.05, 0) is 55.0 Å². The topological polar surface area (TPSA) is 47.4 Å². The molecule has 5 heteroatoms. The van der Waals surface area contributed by atoms with E-state index in [4.69, 9.17) is 9.72 Å². The maximum absolute atomic E-state index is 12.1. The van der Waals surface area contributed by atoms with Gasteiger partial charge in [0.25, 0.3) is 0 Å². The Balaban J connectivity index is 1.42. The van der Waals surface area contributed by atoms with Crippen LogP contribution in [0, 0.1) is 6.92 Å². The number of aryl methyl sites for hydroxylation is 2. The third-order valence-electron chi connectivity index (χ3n) is 6.21. The summed E-state index contributed by atoms with van der Waals surface area (Å²) in [5.74, 6) is 2.87. The van der Waals surface area contributed by atoms with Gasteiger partial charge in [0.2, 0.25) is 5.91 Å². The number of fused-ring (bicyclic) bond motifs is 1. The largest absolute Gasteiger partial charge is 0.493 e.